The number of aromatic nitrogens is 3. The second-order valence-electron chi connectivity index (χ2n) is 2.76. The molecule has 0 aromatic carbocycles. The van der Waals surface area contributed by atoms with E-state index >= 15 is 0 Å². The maximum absolute atomic E-state index is 11.5. The van der Waals surface area contributed by atoms with Crippen LogP contribution in [0.2, 0.25) is 0 Å². The summed E-state index contributed by atoms with van der Waals surface area (Å²) in [4.78, 5) is 26.4. The second-order valence-corrected chi connectivity index (χ2v) is 2.76. The molecule has 0 aliphatic rings. The first-order chi connectivity index (χ1) is 7.15. The fourth-order valence-electron chi connectivity index (χ4n) is 1.19. The lowest BCUT2D eigenvalue weighted by atomic mass is 10.3. The minimum atomic E-state index is -0.853. The summed E-state index contributed by atoms with van der Waals surface area (Å²) in [5.74, 6) is -1.59. The molecular formula is C8H7N3O4. The van der Waals surface area contributed by atoms with E-state index in [9.17, 15) is 14.7 Å². The highest BCUT2D eigenvalue weighted by molar-refractivity contribution is 5.90. The minimum Gasteiger partial charge on any atom is -0.501 e. The van der Waals surface area contributed by atoms with Crippen molar-refractivity contribution in [1.29, 1.82) is 0 Å². The van der Waals surface area contributed by atoms with Crippen molar-refractivity contribution in [2.75, 3.05) is 7.11 Å². The Morgan fingerprint density at radius 3 is 3.07 bits per heavy atom. The summed E-state index contributed by atoms with van der Waals surface area (Å²) in [5, 5.41) is 11.9. The number of nitrogens with zero attached hydrogens (tertiary/aromatic N) is 2. The van der Waals surface area contributed by atoms with Crippen LogP contribution in [-0.4, -0.2) is 32.8 Å². The molecule has 0 radical (unpaired) electrons. The smallest absolute Gasteiger partial charge is 0.360 e. The van der Waals surface area contributed by atoms with Crippen molar-refractivity contribution in [2.24, 2.45) is 0 Å². The molecule has 0 saturated carbocycles. The van der Waals surface area contributed by atoms with E-state index in [1.165, 1.54) is 12.3 Å². The molecule has 0 atom stereocenters. The number of rotatable bonds is 1. The van der Waals surface area contributed by atoms with Crippen molar-refractivity contribution in [3.63, 3.8) is 0 Å². The van der Waals surface area contributed by atoms with E-state index in [0.29, 0.717) is 0 Å². The molecule has 7 nitrogen and oxygen atoms in total. The molecule has 2 aromatic rings. The maximum Gasteiger partial charge on any atom is 0.360 e. The minimum absolute atomic E-state index is 0.234. The maximum atomic E-state index is 11.5. The molecule has 0 amide bonds. The van der Waals surface area contributed by atoms with Gasteiger partial charge in [0.1, 0.15) is 0 Å². The van der Waals surface area contributed by atoms with E-state index in [-0.39, 0.29) is 11.3 Å². The molecule has 7 heteroatoms. The number of esters is 1. The van der Waals surface area contributed by atoms with Crippen molar-refractivity contribution in [3.8, 4) is 5.75 Å². The third-order valence-corrected chi connectivity index (χ3v) is 1.90. The first kappa shape index (κ1) is 9.25. The largest absolute Gasteiger partial charge is 0.501 e. The van der Waals surface area contributed by atoms with E-state index in [2.05, 4.69) is 14.8 Å². The molecule has 0 aliphatic heterocycles. The second kappa shape index (κ2) is 3.12. The normalized spacial score (nSPS) is 10.5. The SMILES string of the molecule is COC(=O)c1nc2cc[nH]n2c(=O)c1O. The van der Waals surface area contributed by atoms with Crippen LogP contribution in [0.5, 0.6) is 5.75 Å². The molecular weight excluding hydrogens is 202 g/mol. The van der Waals surface area contributed by atoms with Crippen LogP contribution in [0.25, 0.3) is 5.65 Å². The van der Waals surface area contributed by atoms with Crippen LogP contribution in [0.3, 0.4) is 0 Å². The number of carbonyl (C=O) groups is 1. The van der Waals surface area contributed by atoms with Crippen LogP contribution < -0.4 is 5.56 Å². The summed E-state index contributed by atoms with van der Waals surface area (Å²) in [5.41, 5.74) is -0.897. The van der Waals surface area contributed by atoms with Gasteiger partial charge in [-0.05, 0) is 0 Å². The van der Waals surface area contributed by atoms with Crippen LogP contribution in [0, 0.1) is 0 Å². The molecule has 0 unspecified atom stereocenters. The lowest BCUT2D eigenvalue weighted by Crippen LogP contribution is -2.19. The van der Waals surface area contributed by atoms with Gasteiger partial charge in [0, 0.05) is 12.3 Å². The Kier molecular flexibility index (Phi) is 1.93. The van der Waals surface area contributed by atoms with Gasteiger partial charge in [0.25, 0.3) is 0 Å². The number of carbonyl (C=O) groups excluding carboxylic acids is 1. The average molecular weight is 209 g/mol. The van der Waals surface area contributed by atoms with Gasteiger partial charge in [-0.1, -0.05) is 0 Å². The number of methoxy groups -OCH3 is 1. The van der Waals surface area contributed by atoms with Crippen molar-refractivity contribution < 1.29 is 14.6 Å². The number of fused-ring (bicyclic) bond motifs is 1. The highest BCUT2D eigenvalue weighted by atomic mass is 16.5. The predicted octanol–water partition coefficient (Wildman–Crippen LogP) is -0.485. The number of hydrogen-bond donors (Lipinski definition) is 2. The summed E-state index contributed by atoms with van der Waals surface area (Å²) < 4.78 is 5.39. The molecule has 2 N–H and O–H groups in total. The first-order valence-corrected chi connectivity index (χ1v) is 4.02. The standard InChI is InChI=1S/C8H7N3O4/c1-15-8(14)5-6(12)7(13)11-4(10-5)2-3-9-11/h2-3,9,12H,1H3. The van der Waals surface area contributed by atoms with Crippen LogP contribution in [-0.2, 0) is 4.74 Å². The third kappa shape index (κ3) is 1.25. The van der Waals surface area contributed by atoms with Crippen molar-refractivity contribution >= 4 is 11.6 Å². The monoisotopic (exact) mass is 209 g/mol. The topological polar surface area (TPSA) is 96.7 Å². The summed E-state index contributed by atoms with van der Waals surface area (Å²) in [6.45, 7) is 0. The van der Waals surface area contributed by atoms with Gasteiger partial charge in [-0.2, -0.15) is 4.52 Å². The molecule has 78 valence electrons. The Hall–Kier alpha value is -2.31. The average Bonchev–Trinajstić information content (AvgIpc) is 2.70. The molecule has 0 spiro atoms. The van der Waals surface area contributed by atoms with Gasteiger partial charge in [0.2, 0.25) is 5.75 Å². The van der Waals surface area contributed by atoms with Gasteiger partial charge >= 0.3 is 11.5 Å². The van der Waals surface area contributed by atoms with Crippen molar-refractivity contribution in [3.05, 3.63) is 28.3 Å². The fraction of sp³-hybridized carbons (Fsp3) is 0.125. The van der Waals surface area contributed by atoms with Crippen LogP contribution in [0.1, 0.15) is 10.5 Å². The number of H-pyrrole nitrogens is 1. The van der Waals surface area contributed by atoms with E-state index < -0.39 is 17.3 Å². The van der Waals surface area contributed by atoms with Crippen LogP contribution in [0.15, 0.2) is 17.1 Å². The van der Waals surface area contributed by atoms with Gasteiger partial charge in [-0.15, -0.1) is 0 Å². The van der Waals surface area contributed by atoms with E-state index in [1.54, 1.807) is 0 Å². The molecule has 15 heavy (non-hydrogen) atoms. The Morgan fingerprint density at radius 2 is 2.40 bits per heavy atom. The Bertz CT molecular complexity index is 583. The van der Waals surface area contributed by atoms with Gasteiger partial charge < -0.3 is 9.84 Å². The van der Waals surface area contributed by atoms with Crippen molar-refractivity contribution in [2.45, 2.75) is 0 Å². The van der Waals surface area contributed by atoms with E-state index in [1.807, 2.05) is 0 Å². The Morgan fingerprint density at radius 1 is 1.67 bits per heavy atom. The van der Waals surface area contributed by atoms with Gasteiger partial charge in [0.05, 0.1) is 7.11 Å². The zero-order valence-electron chi connectivity index (χ0n) is 7.72. The predicted molar refractivity (Wildman–Crippen MR) is 48.8 cm³/mol. The molecule has 2 rings (SSSR count). The van der Waals surface area contributed by atoms with E-state index in [0.717, 1.165) is 11.6 Å². The van der Waals surface area contributed by atoms with E-state index in [4.69, 9.17) is 0 Å². The van der Waals surface area contributed by atoms with Gasteiger partial charge in [-0.3, -0.25) is 9.89 Å². The lowest BCUT2D eigenvalue weighted by molar-refractivity contribution is 0.0590. The third-order valence-electron chi connectivity index (χ3n) is 1.90. The summed E-state index contributed by atoms with van der Waals surface area (Å²) in [7, 11) is 1.14. The lowest BCUT2D eigenvalue weighted by Gasteiger charge is -2.01. The van der Waals surface area contributed by atoms with Crippen LogP contribution in [0.4, 0.5) is 0 Å². The Balaban J connectivity index is 2.82. The summed E-state index contributed by atoms with van der Waals surface area (Å²) in [6, 6.07) is 1.49. The number of nitrogens with one attached hydrogen (secondary N) is 1. The molecule has 0 fully saturated rings. The zero-order valence-corrected chi connectivity index (χ0v) is 7.72. The molecule has 0 aliphatic carbocycles. The number of ether oxygens (including phenoxy) is 1. The molecule has 2 aromatic heterocycles. The van der Waals surface area contributed by atoms with Crippen molar-refractivity contribution in [1.82, 2.24) is 14.6 Å². The fourth-order valence-corrected chi connectivity index (χ4v) is 1.19. The molecule has 0 bridgehead atoms. The van der Waals surface area contributed by atoms with Gasteiger partial charge in [0.15, 0.2) is 11.3 Å². The number of aromatic hydroxyl groups is 1. The zero-order chi connectivity index (χ0) is 11.0. The quantitative estimate of drug-likeness (QED) is 0.618. The highest BCUT2D eigenvalue weighted by Gasteiger charge is 2.19. The highest BCUT2D eigenvalue weighted by Crippen LogP contribution is 2.10. The molecule has 0 saturated heterocycles. The molecule has 2 heterocycles. The first-order valence-electron chi connectivity index (χ1n) is 4.02. The number of hydrogen-bond acceptors (Lipinski definition) is 5. The summed E-state index contributed by atoms with van der Waals surface area (Å²) >= 11 is 0. The Labute approximate surface area is 82.9 Å². The van der Waals surface area contributed by atoms with Crippen LogP contribution >= 0.6 is 0 Å². The van der Waals surface area contributed by atoms with Gasteiger partial charge in [-0.25, -0.2) is 9.78 Å². The summed E-state index contributed by atoms with van der Waals surface area (Å²) in [6.07, 6.45) is 1.46. The number of aromatic amines is 1.